The number of carbonyl (C=O) groups excluding carboxylic acids is 1. The summed E-state index contributed by atoms with van der Waals surface area (Å²) in [5, 5.41) is 3.32. The summed E-state index contributed by atoms with van der Waals surface area (Å²) in [4.78, 5) is 14.6. The van der Waals surface area contributed by atoms with Gasteiger partial charge in [0.15, 0.2) is 0 Å². The third kappa shape index (κ3) is 5.45. The first-order chi connectivity index (χ1) is 9.39. The standard InChI is InChI=1S/C17H32N2O.ClH/c1-13-8-14(11-17(2,3)10-13)9-16(20)19-7-5-6-15(12-19)18-4;/h13-15,18H,5-12H2,1-4H3;1H. The maximum atomic E-state index is 12.5. The third-order valence-electron chi connectivity index (χ3n) is 5.12. The number of likely N-dealkylation sites (tertiary alicyclic amines) is 1. The average molecular weight is 317 g/mol. The first-order valence-electron chi connectivity index (χ1n) is 8.34. The number of rotatable bonds is 3. The first kappa shape index (κ1) is 18.8. The van der Waals surface area contributed by atoms with Crippen molar-refractivity contribution in [3.8, 4) is 0 Å². The molecule has 0 bridgehead atoms. The molecular formula is C17H33ClN2O. The molecule has 1 saturated carbocycles. The van der Waals surface area contributed by atoms with Crippen LogP contribution < -0.4 is 5.32 Å². The van der Waals surface area contributed by atoms with E-state index in [0.29, 0.717) is 23.3 Å². The number of carbonyl (C=O) groups is 1. The predicted octanol–water partition coefficient (Wildman–Crippen LogP) is 3.47. The van der Waals surface area contributed by atoms with Gasteiger partial charge in [0.05, 0.1) is 0 Å². The van der Waals surface area contributed by atoms with Crippen molar-refractivity contribution in [1.29, 1.82) is 0 Å². The molecule has 3 unspecified atom stereocenters. The molecule has 3 nitrogen and oxygen atoms in total. The SMILES string of the molecule is CNC1CCCN(C(=O)CC2CC(C)CC(C)(C)C2)C1.Cl. The molecule has 1 aliphatic heterocycles. The van der Waals surface area contributed by atoms with Crippen LogP contribution in [0.15, 0.2) is 0 Å². The molecule has 1 amide bonds. The van der Waals surface area contributed by atoms with Gasteiger partial charge in [0, 0.05) is 25.6 Å². The van der Waals surface area contributed by atoms with E-state index in [2.05, 4.69) is 31.0 Å². The molecule has 21 heavy (non-hydrogen) atoms. The summed E-state index contributed by atoms with van der Waals surface area (Å²) >= 11 is 0. The molecule has 2 rings (SSSR count). The number of halogens is 1. The van der Waals surface area contributed by atoms with Crippen LogP contribution in [0.3, 0.4) is 0 Å². The van der Waals surface area contributed by atoms with E-state index in [-0.39, 0.29) is 12.4 Å². The van der Waals surface area contributed by atoms with Crippen LogP contribution in [0.5, 0.6) is 0 Å². The van der Waals surface area contributed by atoms with Crippen LogP contribution in [-0.2, 0) is 4.79 Å². The lowest BCUT2D eigenvalue weighted by Crippen LogP contribution is -2.47. The lowest BCUT2D eigenvalue weighted by molar-refractivity contribution is -0.134. The van der Waals surface area contributed by atoms with Crippen LogP contribution in [0.25, 0.3) is 0 Å². The second-order valence-corrected chi connectivity index (χ2v) is 7.95. The summed E-state index contributed by atoms with van der Waals surface area (Å²) in [7, 11) is 2.00. The van der Waals surface area contributed by atoms with E-state index in [1.807, 2.05) is 7.05 Å². The second kappa shape index (κ2) is 7.82. The van der Waals surface area contributed by atoms with E-state index in [0.717, 1.165) is 31.8 Å². The molecule has 0 aromatic carbocycles. The Labute approximate surface area is 136 Å². The van der Waals surface area contributed by atoms with Crippen molar-refractivity contribution in [2.75, 3.05) is 20.1 Å². The summed E-state index contributed by atoms with van der Waals surface area (Å²) in [6.45, 7) is 8.93. The van der Waals surface area contributed by atoms with Gasteiger partial charge in [-0.25, -0.2) is 0 Å². The van der Waals surface area contributed by atoms with Crippen LogP contribution in [0.1, 0.15) is 59.3 Å². The van der Waals surface area contributed by atoms with Crippen molar-refractivity contribution in [2.45, 2.75) is 65.3 Å². The van der Waals surface area contributed by atoms with Gasteiger partial charge in [-0.05, 0) is 56.4 Å². The molecule has 1 aliphatic carbocycles. The van der Waals surface area contributed by atoms with Crippen LogP contribution in [0, 0.1) is 17.3 Å². The fourth-order valence-electron chi connectivity index (χ4n) is 4.51. The minimum Gasteiger partial charge on any atom is -0.341 e. The smallest absolute Gasteiger partial charge is 0.222 e. The maximum absolute atomic E-state index is 12.5. The average Bonchev–Trinajstić information content (AvgIpc) is 2.36. The molecule has 0 spiro atoms. The van der Waals surface area contributed by atoms with Crippen molar-refractivity contribution >= 4 is 18.3 Å². The largest absolute Gasteiger partial charge is 0.341 e. The highest BCUT2D eigenvalue weighted by Gasteiger charge is 2.34. The van der Waals surface area contributed by atoms with Crippen molar-refractivity contribution in [3.63, 3.8) is 0 Å². The highest BCUT2D eigenvalue weighted by molar-refractivity contribution is 5.85. The van der Waals surface area contributed by atoms with Crippen molar-refractivity contribution in [1.82, 2.24) is 10.2 Å². The Bertz CT molecular complexity index is 346. The zero-order chi connectivity index (χ0) is 14.8. The van der Waals surface area contributed by atoms with E-state index in [4.69, 9.17) is 0 Å². The van der Waals surface area contributed by atoms with Gasteiger partial charge in [0.1, 0.15) is 0 Å². The quantitative estimate of drug-likeness (QED) is 0.864. The van der Waals surface area contributed by atoms with Crippen molar-refractivity contribution < 1.29 is 4.79 Å². The summed E-state index contributed by atoms with van der Waals surface area (Å²) in [6, 6.07) is 0.495. The van der Waals surface area contributed by atoms with Gasteiger partial charge in [-0.15, -0.1) is 12.4 Å². The fraction of sp³-hybridized carbons (Fsp3) is 0.941. The van der Waals surface area contributed by atoms with Crippen molar-refractivity contribution in [2.24, 2.45) is 17.3 Å². The Hall–Kier alpha value is -0.280. The monoisotopic (exact) mass is 316 g/mol. The Balaban J connectivity index is 0.00000220. The van der Waals surface area contributed by atoms with Gasteiger partial charge in [-0.3, -0.25) is 4.79 Å². The Morgan fingerprint density at radius 1 is 1.33 bits per heavy atom. The highest BCUT2D eigenvalue weighted by atomic mass is 35.5. The third-order valence-corrected chi connectivity index (χ3v) is 5.12. The fourth-order valence-corrected chi connectivity index (χ4v) is 4.51. The number of hydrogen-bond acceptors (Lipinski definition) is 2. The highest BCUT2D eigenvalue weighted by Crippen LogP contribution is 2.43. The number of nitrogens with one attached hydrogen (secondary N) is 1. The van der Waals surface area contributed by atoms with Gasteiger partial charge < -0.3 is 10.2 Å². The van der Waals surface area contributed by atoms with Gasteiger partial charge in [0.25, 0.3) is 0 Å². The molecular weight excluding hydrogens is 284 g/mol. The van der Waals surface area contributed by atoms with Crippen LogP contribution in [0.2, 0.25) is 0 Å². The number of nitrogens with zero attached hydrogens (tertiary/aromatic N) is 1. The molecule has 1 N–H and O–H groups in total. The lowest BCUT2D eigenvalue weighted by Gasteiger charge is -2.40. The zero-order valence-electron chi connectivity index (χ0n) is 14.2. The van der Waals surface area contributed by atoms with Gasteiger partial charge in [-0.2, -0.15) is 0 Å². The maximum Gasteiger partial charge on any atom is 0.222 e. The van der Waals surface area contributed by atoms with Gasteiger partial charge >= 0.3 is 0 Å². The Morgan fingerprint density at radius 3 is 2.67 bits per heavy atom. The zero-order valence-corrected chi connectivity index (χ0v) is 15.0. The minimum atomic E-state index is 0. The van der Waals surface area contributed by atoms with Gasteiger partial charge in [0.2, 0.25) is 5.91 Å². The van der Waals surface area contributed by atoms with Crippen molar-refractivity contribution in [3.05, 3.63) is 0 Å². The number of hydrogen-bond donors (Lipinski definition) is 1. The normalized spacial score (nSPS) is 32.4. The predicted molar refractivity (Wildman–Crippen MR) is 90.8 cm³/mol. The molecule has 1 saturated heterocycles. The van der Waals surface area contributed by atoms with Crippen LogP contribution in [0.4, 0.5) is 0 Å². The van der Waals surface area contributed by atoms with E-state index >= 15 is 0 Å². The summed E-state index contributed by atoms with van der Waals surface area (Å²) in [5.74, 6) is 1.75. The summed E-state index contributed by atoms with van der Waals surface area (Å²) in [5.41, 5.74) is 0.415. The molecule has 0 radical (unpaired) electrons. The van der Waals surface area contributed by atoms with Crippen LogP contribution >= 0.6 is 12.4 Å². The summed E-state index contributed by atoms with van der Waals surface area (Å²) < 4.78 is 0. The Morgan fingerprint density at radius 2 is 2.05 bits per heavy atom. The number of likely N-dealkylation sites (N-methyl/N-ethyl adjacent to an activating group) is 1. The number of amides is 1. The van der Waals surface area contributed by atoms with Gasteiger partial charge in [-0.1, -0.05) is 20.8 Å². The molecule has 3 atom stereocenters. The molecule has 2 aliphatic rings. The topological polar surface area (TPSA) is 32.3 Å². The van der Waals surface area contributed by atoms with Crippen LogP contribution in [-0.4, -0.2) is 37.0 Å². The molecule has 0 aromatic heterocycles. The minimum absolute atomic E-state index is 0. The first-order valence-corrected chi connectivity index (χ1v) is 8.34. The summed E-state index contributed by atoms with van der Waals surface area (Å²) in [6.07, 6.45) is 6.87. The lowest BCUT2D eigenvalue weighted by atomic mass is 9.67. The Kier molecular flexibility index (Phi) is 6.99. The number of piperidine rings is 1. The second-order valence-electron chi connectivity index (χ2n) is 7.95. The molecule has 2 fully saturated rings. The van der Waals surface area contributed by atoms with E-state index in [9.17, 15) is 4.79 Å². The van der Waals surface area contributed by atoms with E-state index in [1.165, 1.54) is 25.7 Å². The molecule has 0 aromatic rings. The molecule has 4 heteroatoms. The van der Waals surface area contributed by atoms with E-state index in [1.54, 1.807) is 0 Å². The molecule has 1 heterocycles. The van der Waals surface area contributed by atoms with E-state index < -0.39 is 0 Å². The molecule has 124 valence electrons.